The molecule has 17 heavy (non-hydrogen) atoms. The van der Waals surface area contributed by atoms with Gasteiger partial charge in [0.2, 0.25) is 0 Å². The molecule has 2 aromatic rings. The van der Waals surface area contributed by atoms with Crippen LogP contribution in [0, 0.1) is 0 Å². The Morgan fingerprint density at radius 1 is 0.941 bits per heavy atom. The summed E-state index contributed by atoms with van der Waals surface area (Å²) in [5.74, 6) is 0.446. The van der Waals surface area contributed by atoms with E-state index in [4.69, 9.17) is 5.73 Å². The fraction of sp³-hybridized carbons (Fsp3) is 0.231. The molecule has 1 aromatic carbocycles. The van der Waals surface area contributed by atoms with E-state index in [1.807, 2.05) is 44.2 Å². The molecule has 0 atom stereocenters. The summed E-state index contributed by atoms with van der Waals surface area (Å²) in [6.07, 6.45) is 3.23. The summed E-state index contributed by atoms with van der Waals surface area (Å²) < 4.78 is 0. The molecule has 0 unspecified atom stereocenters. The number of benzene rings is 1. The first-order chi connectivity index (χ1) is 8.36. The molecular formula is C13H20N4. The molecule has 0 amide bonds. The number of hydrogen-bond acceptors (Lipinski definition) is 4. The Labute approximate surface area is 103 Å². The maximum absolute atomic E-state index is 5.52. The first-order valence-corrected chi connectivity index (χ1v) is 5.57. The van der Waals surface area contributed by atoms with Gasteiger partial charge in [-0.3, -0.25) is 4.98 Å². The van der Waals surface area contributed by atoms with Crippen molar-refractivity contribution in [1.82, 2.24) is 9.97 Å². The Hall–Kier alpha value is -1.94. The van der Waals surface area contributed by atoms with Gasteiger partial charge >= 0.3 is 0 Å². The molecule has 0 saturated heterocycles. The predicted molar refractivity (Wildman–Crippen MR) is 73.3 cm³/mol. The lowest BCUT2D eigenvalue weighted by Crippen LogP contribution is -1.93. The first-order valence-electron chi connectivity index (χ1n) is 5.57. The molecule has 4 N–H and O–H groups in total. The highest BCUT2D eigenvalue weighted by Gasteiger charge is 1.97. The monoisotopic (exact) mass is 232 g/mol. The van der Waals surface area contributed by atoms with Crippen LogP contribution in [0.5, 0.6) is 0 Å². The van der Waals surface area contributed by atoms with Crippen LogP contribution in [-0.2, 0) is 0 Å². The zero-order chi connectivity index (χ0) is 13.1. The van der Waals surface area contributed by atoms with Gasteiger partial charge in [0, 0.05) is 5.56 Å². The van der Waals surface area contributed by atoms with Crippen molar-refractivity contribution in [1.29, 1.82) is 0 Å². The summed E-state index contributed by atoms with van der Waals surface area (Å²) in [5, 5.41) is 0. The molecule has 0 saturated carbocycles. The van der Waals surface area contributed by atoms with E-state index in [0.717, 1.165) is 11.3 Å². The summed E-state index contributed by atoms with van der Waals surface area (Å²) in [7, 11) is 1.50. The lowest BCUT2D eigenvalue weighted by molar-refractivity contribution is 1.22. The number of nitrogen functional groups attached to an aromatic ring is 1. The van der Waals surface area contributed by atoms with Crippen LogP contribution < -0.4 is 11.5 Å². The Kier molecular flexibility index (Phi) is 8.24. The van der Waals surface area contributed by atoms with Crippen molar-refractivity contribution in [3.63, 3.8) is 0 Å². The molecule has 4 heteroatoms. The minimum atomic E-state index is 0.446. The van der Waals surface area contributed by atoms with E-state index in [0.29, 0.717) is 5.82 Å². The third kappa shape index (κ3) is 5.08. The van der Waals surface area contributed by atoms with Gasteiger partial charge in [0.05, 0.1) is 18.1 Å². The highest BCUT2D eigenvalue weighted by Crippen LogP contribution is 2.15. The summed E-state index contributed by atoms with van der Waals surface area (Å²) in [6, 6.07) is 9.83. The third-order valence-electron chi connectivity index (χ3n) is 1.72. The fourth-order valence-electron chi connectivity index (χ4n) is 1.13. The minimum Gasteiger partial charge on any atom is -0.382 e. The van der Waals surface area contributed by atoms with Crippen LogP contribution in [0.3, 0.4) is 0 Å². The van der Waals surface area contributed by atoms with E-state index in [-0.39, 0.29) is 0 Å². The lowest BCUT2D eigenvalue weighted by atomic mass is 10.2. The molecule has 0 aliphatic rings. The second kappa shape index (κ2) is 9.30. The minimum absolute atomic E-state index is 0.446. The number of hydrogen-bond donors (Lipinski definition) is 2. The van der Waals surface area contributed by atoms with Gasteiger partial charge in [0.1, 0.15) is 5.82 Å². The molecule has 0 bridgehead atoms. The van der Waals surface area contributed by atoms with Crippen molar-refractivity contribution >= 4 is 5.82 Å². The Balaban J connectivity index is 0.000000581. The van der Waals surface area contributed by atoms with Crippen molar-refractivity contribution in [3.8, 4) is 11.3 Å². The third-order valence-corrected chi connectivity index (χ3v) is 1.72. The Bertz CT molecular complexity index is 401. The Morgan fingerprint density at radius 2 is 1.53 bits per heavy atom. The number of anilines is 1. The highest BCUT2D eigenvalue weighted by atomic mass is 14.9. The average molecular weight is 232 g/mol. The molecule has 0 fully saturated rings. The molecule has 0 aliphatic heterocycles. The van der Waals surface area contributed by atoms with E-state index in [1.165, 1.54) is 13.2 Å². The van der Waals surface area contributed by atoms with Crippen LogP contribution in [0.1, 0.15) is 13.8 Å². The maximum Gasteiger partial charge on any atom is 0.142 e. The fourth-order valence-corrected chi connectivity index (χ4v) is 1.13. The van der Waals surface area contributed by atoms with Crippen molar-refractivity contribution in [3.05, 3.63) is 42.7 Å². The maximum atomic E-state index is 5.52. The van der Waals surface area contributed by atoms with Crippen LogP contribution in [0.4, 0.5) is 5.82 Å². The molecule has 1 aromatic heterocycles. The van der Waals surface area contributed by atoms with Gasteiger partial charge in [-0.1, -0.05) is 44.2 Å². The SMILES string of the molecule is CC.CN.Nc1cncc(-c2ccccc2)n1. The summed E-state index contributed by atoms with van der Waals surface area (Å²) in [5.41, 5.74) is 11.9. The van der Waals surface area contributed by atoms with E-state index >= 15 is 0 Å². The molecule has 0 aliphatic carbocycles. The van der Waals surface area contributed by atoms with Gasteiger partial charge in [-0.15, -0.1) is 0 Å². The Morgan fingerprint density at radius 3 is 2.06 bits per heavy atom. The van der Waals surface area contributed by atoms with Crippen LogP contribution in [-0.4, -0.2) is 17.0 Å². The molecule has 2 rings (SSSR count). The van der Waals surface area contributed by atoms with Gasteiger partial charge in [-0.05, 0) is 7.05 Å². The normalized spacial score (nSPS) is 8.24. The van der Waals surface area contributed by atoms with Gasteiger partial charge < -0.3 is 11.5 Å². The van der Waals surface area contributed by atoms with Gasteiger partial charge in [-0.25, -0.2) is 4.98 Å². The zero-order valence-electron chi connectivity index (χ0n) is 10.6. The number of aromatic nitrogens is 2. The first kappa shape index (κ1) is 15.1. The van der Waals surface area contributed by atoms with Crippen LogP contribution in [0.15, 0.2) is 42.7 Å². The molecular weight excluding hydrogens is 212 g/mol. The average Bonchev–Trinajstić information content (AvgIpc) is 2.44. The van der Waals surface area contributed by atoms with E-state index < -0.39 is 0 Å². The van der Waals surface area contributed by atoms with E-state index in [1.54, 1.807) is 6.20 Å². The largest absolute Gasteiger partial charge is 0.382 e. The van der Waals surface area contributed by atoms with Crippen molar-refractivity contribution in [2.45, 2.75) is 13.8 Å². The van der Waals surface area contributed by atoms with E-state index in [9.17, 15) is 0 Å². The topological polar surface area (TPSA) is 77.8 Å². The van der Waals surface area contributed by atoms with Crippen molar-refractivity contribution in [2.75, 3.05) is 12.8 Å². The van der Waals surface area contributed by atoms with Gasteiger partial charge in [0.15, 0.2) is 0 Å². The van der Waals surface area contributed by atoms with Gasteiger partial charge in [-0.2, -0.15) is 0 Å². The number of rotatable bonds is 1. The smallest absolute Gasteiger partial charge is 0.142 e. The van der Waals surface area contributed by atoms with Crippen LogP contribution >= 0.6 is 0 Å². The van der Waals surface area contributed by atoms with Crippen molar-refractivity contribution < 1.29 is 0 Å². The lowest BCUT2D eigenvalue weighted by Gasteiger charge is -1.99. The molecule has 0 radical (unpaired) electrons. The highest BCUT2D eigenvalue weighted by molar-refractivity contribution is 5.58. The number of nitrogens with two attached hydrogens (primary N) is 2. The van der Waals surface area contributed by atoms with E-state index in [2.05, 4.69) is 15.7 Å². The van der Waals surface area contributed by atoms with Crippen LogP contribution in [0.25, 0.3) is 11.3 Å². The summed E-state index contributed by atoms with van der Waals surface area (Å²) in [6.45, 7) is 4.00. The van der Waals surface area contributed by atoms with Crippen LogP contribution in [0.2, 0.25) is 0 Å². The summed E-state index contributed by atoms with van der Waals surface area (Å²) in [4.78, 5) is 8.13. The molecule has 4 nitrogen and oxygen atoms in total. The second-order valence-electron chi connectivity index (χ2n) is 2.70. The number of nitrogens with zero attached hydrogens (tertiary/aromatic N) is 2. The van der Waals surface area contributed by atoms with Crippen molar-refractivity contribution in [2.24, 2.45) is 5.73 Å². The summed E-state index contributed by atoms with van der Waals surface area (Å²) >= 11 is 0. The zero-order valence-corrected chi connectivity index (χ0v) is 10.6. The second-order valence-corrected chi connectivity index (χ2v) is 2.70. The molecule has 0 spiro atoms. The quantitative estimate of drug-likeness (QED) is 0.791. The predicted octanol–water partition coefficient (Wildman–Crippen LogP) is 2.33. The molecule has 1 heterocycles. The standard InChI is InChI=1S/C10H9N3.C2H6.CH5N/c11-10-7-12-6-9(13-10)8-4-2-1-3-5-8;2*1-2/h1-7H,(H2,11,13);1-2H3;2H2,1H3. The molecule has 92 valence electrons. The van der Waals surface area contributed by atoms with Gasteiger partial charge in [0.25, 0.3) is 0 Å².